The van der Waals surface area contributed by atoms with Crippen molar-refractivity contribution in [2.45, 2.75) is 44.9 Å². The fraction of sp³-hybridized carbons (Fsp3) is 0.500. The third-order valence-electron chi connectivity index (χ3n) is 3.17. The van der Waals surface area contributed by atoms with Crippen LogP contribution in [0.15, 0.2) is 18.3 Å². The van der Waals surface area contributed by atoms with Crippen molar-refractivity contribution in [3.8, 4) is 0 Å². The molecule has 0 unspecified atom stereocenters. The average Bonchev–Trinajstić information content (AvgIpc) is 2.36. The number of ether oxygens (including phenoxy) is 1. The maximum atomic E-state index is 11.8. The van der Waals surface area contributed by atoms with Crippen LogP contribution in [0.25, 0.3) is 0 Å². The lowest BCUT2D eigenvalue weighted by Gasteiger charge is -2.36. The molecule has 0 spiro atoms. The number of rotatable bonds is 5. The van der Waals surface area contributed by atoms with Crippen molar-refractivity contribution in [1.82, 2.24) is 10.3 Å². The van der Waals surface area contributed by atoms with Gasteiger partial charge in [-0.1, -0.05) is 0 Å². The Bertz CT molecular complexity index is 509. The van der Waals surface area contributed by atoms with E-state index in [0.29, 0.717) is 5.69 Å². The summed E-state index contributed by atoms with van der Waals surface area (Å²) in [6.07, 6.45) is 3.48. The lowest BCUT2D eigenvalue weighted by Crippen LogP contribution is -2.49. The Morgan fingerprint density at radius 3 is 2.62 bits per heavy atom. The maximum Gasteiger partial charge on any atom is 0.319 e. The molecule has 1 saturated carbocycles. The topological polar surface area (TPSA) is 106 Å². The van der Waals surface area contributed by atoms with Gasteiger partial charge in [0.15, 0.2) is 0 Å². The van der Waals surface area contributed by atoms with Crippen LogP contribution in [0.2, 0.25) is 0 Å². The summed E-state index contributed by atoms with van der Waals surface area (Å²) in [5.41, 5.74) is 5.76. The number of carbonyl (C=O) groups excluding carboxylic acids is 2. The molecule has 0 bridgehead atoms. The molecular formula is C14H20N4O3. The molecule has 0 aromatic carbocycles. The second kappa shape index (κ2) is 6.53. The van der Waals surface area contributed by atoms with Crippen molar-refractivity contribution >= 4 is 17.6 Å². The third kappa shape index (κ3) is 4.42. The number of nitrogens with two attached hydrogens (primary N) is 1. The second-order valence-electron chi connectivity index (χ2n) is 5.37. The standard InChI is InChI=1S/C14H20N4O3/c1-8(2)21-11-5-10(6-11)18-14(20)17-9-3-4-12(13(15)19)16-7-9/h3-4,7-8,10-11H,5-6H2,1-2H3,(H2,15,19)(H2,17,18,20). The second-order valence-corrected chi connectivity index (χ2v) is 5.37. The minimum Gasteiger partial charge on any atom is -0.375 e. The van der Waals surface area contributed by atoms with Crippen molar-refractivity contribution in [3.05, 3.63) is 24.0 Å². The Hall–Kier alpha value is -2.15. The van der Waals surface area contributed by atoms with Gasteiger partial charge in [-0.25, -0.2) is 9.78 Å². The van der Waals surface area contributed by atoms with Crippen LogP contribution in [0, 0.1) is 0 Å². The van der Waals surface area contributed by atoms with Gasteiger partial charge in [-0.2, -0.15) is 0 Å². The number of aromatic nitrogens is 1. The number of nitrogens with zero attached hydrogens (tertiary/aromatic N) is 1. The summed E-state index contributed by atoms with van der Waals surface area (Å²) in [5.74, 6) is -0.600. The van der Waals surface area contributed by atoms with Crippen molar-refractivity contribution in [1.29, 1.82) is 0 Å². The van der Waals surface area contributed by atoms with Gasteiger partial charge in [0.2, 0.25) is 0 Å². The van der Waals surface area contributed by atoms with E-state index in [1.807, 2.05) is 13.8 Å². The molecule has 4 N–H and O–H groups in total. The van der Waals surface area contributed by atoms with Crippen LogP contribution in [0.3, 0.4) is 0 Å². The molecular weight excluding hydrogens is 272 g/mol. The number of urea groups is 1. The highest BCUT2D eigenvalue weighted by atomic mass is 16.5. The number of amides is 3. The van der Waals surface area contributed by atoms with E-state index in [2.05, 4.69) is 15.6 Å². The van der Waals surface area contributed by atoms with E-state index in [1.54, 1.807) is 6.07 Å². The van der Waals surface area contributed by atoms with Crippen molar-refractivity contribution in [2.24, 2.45) is 5.73 Å². The first kappa shape index (κ1) is 15.2. The van der Waals surface area contributed by atoms with Crippen LogP contribution >= 0.6 is 0 Å². The molecule has 1 heterocycles. The highest BCUT2D eigenvalue weighted by Gasteiger charge is 2.31. The van der Waals surface area contributed by atoms with Crippen LogP contribution in [-0.2, 0) is 4.74 Å². The number of pyridine rings is 1. The molecule has 7 nitrogen and oxygen atoms in total. The van der Waals surface area contributed by atoms with Crippen molar-refractivity contribution in [3.63, 3.8) is 0 Å². The van der Waals surface area contributed by atoms with E-state index in [0.717, 1.165) is 12.8 Å². The van der Waals surface area contributed by atoms with E-state index in [9.17, 15) is 9.59 Å². The molecule has 3 amide bonds. The molecule has 1 aromatic heterocycles. The predicted octanol–water partition coefficient (Wildman–Crippen LogP) is 1.26. The number of primary amides is 1. The zero-order valence-corrected chi connectivity index (χ0v) is 12.1. The molecule has 1 aromatic rings. The van der Waals surface area contributed by atoms with E-state index in [1.165, 1.54) is 12.3 Å². The summed E-state index contributed by atoms with van der Waals surface area (Å²) in [6, 6.07) is 2.88. The minimum atomic E-state index is -0.600. The van der Waals surface area contributed by atoms with Crippen LogP contribution in [0.5, 0.6) is 0 Å². The summed E-state index contributed by atoms with van der Waals surface area (Å²) in [6.45, 7) is 3.99. The Morgan fingerprint density at radius 1 is 1.38 bits per heavy atom. The molecule has 1 fully saturated rings. The van der Waals surface area contributed by atoms with Crippen LogP contribution in [-0.4, -0.2) is 35.2 Å². The fourth-order valence-electron chi connectivity index (χ4n) is 2.15. The molecule has 7 heteroatoms. The zero-order valence-electron chi connectivity index (χ0n) is 12.1. The van der Waals surface area contributed by atoms with Gasteiger partial charge in [0.1, 0.15) is 5.69 Å². The largest absolute Gasteiger partial charge is 0.375 e. The van der Waals surface area contributed by atoms with Gasteiger partial charge in [-0.15, -0.1) is 0 Å². The Morgan fingerprint density at radius 2 is 2.10 bits per heavy atom. The summed E-state index contributed by atoms with van der Waals surface area (Å²) in [5, 5.41) is 5.51. The Labute approximate surface area is 123 Å². The molecule has 114 valence electrons. The lowest BCUT2D eigenvalue weighted by molar-refractivity contribution is -0.0473. The zero-order chi connectivity index (χ0) is 15.4. The van der Waals surface area contributed by atoms with Crippen LogP contribution in [0.4, 0.5) is 10.5 Å². The maximum absolute atomic E-state index is 11.8. The van der Waals surface area contributed by atoms with Gasteiger partial charge in [0.05, 0.1) is 24.1 Å². The SMILES string of the molecule is CC(C)OC1CC(NC(=O)Nc2ccc(C(N)=O)nc2)C1. The van der Waals surface area contributed by atoms with Gasteiger partial charge in [0.25, 0.3) is 5.91 Å². The monoisotopic (exact) mass is 292 g/mol. The minimum absolute atomic E-state index is 0.131. The van der Waals surface area contributed by atoms with E-state index in [-0.39, 0.29) is 30.0 Å². The normalized spacial score (nSPS) is 20.7. The molecule has 1 aliphatic rings. The number of hydrogen-bond acceptors (Lipinski definition) is 4. The Balaban J connectivity index is 1.74. The summed E-state index contributed by atoms with van der Waals surface area (Å²) < 4.78 is 5.63. The summed E-state index contributed by atoms with van der Waals surface area (Å²) >= 11 is 0. The smallest absolute Gasteiger partial charge is 0.319 e. The first-order valence-electron chi connectivity index (χ1n) is 6.93. The highest BCUT2D eigenvalue weighted by Crippen LogP contribution is 2.24. The lowest BCUT2D eigenvalue weighted by atomic mass is 9.89. The summed E-state index contributed by atoms with van der Waals surface area (Å²) in [4.78, 5) is 26.5. The Kier molecular flexibility index (Phi) is 4.74. The van der Waals surface area contributed by atoms with Crippen molar-refractivity contribution in [2.75, 3.05) is 5.32 Å². The van der Waals surface area contributed by atoms with Gasteiger partial charge >= 0.3 is 6.03 Å². The first-order valence-corrected chi connectivity index (χ1v) is 6.93. The molecule has 0 atom stereocenters. The third-order valence-corrected chi connectivity index (χ3v) is 3.17. The molecule has 2 rings (SSSR count). The fourth-order valence-corrected chi connectivity index (χ4v) is 2.15. The van der Waals surface area contributed by atoms with E-state index >= 15 is 0 Å². The highest BCUT2D eigenvalue weighted by molar-refractivity contribution is 5.92. The van der Waals surface area contributed by atoms with Gasteiger partial charge in [0, 0.05) is 6.04 Å². The summed E-state index contributed by atoms with van der Waals surface area (Å²) in [7, 11) is 0. The number of hydrogen-bond donors (Lipinski definition) is 3. The van der Waals surface area contributed by atoms with Crippen LogP contribution in [0.1, 0.15) is 37.2 Å². The van der Waals surface area contributed by atoms with Crippen LogP contribution < -0.4 is 16.4 Å². The first-order chi connectivity index (χ1) is 9.94. The predicted molar refractivity (Wildman–Crippen MR) is 77.9 cm³/mol. The quantitative estimate of drug-likeness (QED) is 0.759. The molecule has 0 saturated heterocycles. The van der Waals surface area contributed by atoms with Gasteiger partial charge in [-0.05, 0) is 38.8 Å². The average molecular weight is 292 g/mol. The molecule has 21 heavy (non-hydrogen) atoms. The molecule has 1 aliphatic carbocycles. The van der Waals surface area contributed by atoms with E-state index < -0.39 is 5.91 Å². The van der Waals surface area contributed by atoms with Gasteiger partial charge in [-0.3, -0.25) is 4.79 Å². The number of anilines is 1. The molecule has 0 radical (unpaired) electrons. The van der Waals surface area contributed by atoms with Gasteiger partial charge < -0.3 is 21.1 Å². The molecule has 0 aliphatic heterocycles. The van der Waals surface area contributed by atoms with E-state index in [4.69, 9.17) is 10.5 Å². The van der Waals surface area contributed by atoms with Crippen molar-refractivity contribution < 1.29 is 14.3 Å². The number of nitrogens with one attached hydrogen (secondary N) is 2. The number of carbonyl (C=O) groups is 2.